The SMILES string of the molecule is C=CCN(C(=O)[C@@H]1[C@H]2C(=O)N([C@@H](CO)C(C)C)C(C(=O)N(CC=C)C(C)C)C23CC(C)[C@@]1(C)O3)c1ccccc1. The molecular weight excluding hydrogens is 506 g/mol. The van der Waals surface area contributed by atoms with Gasteiger partial charge in [-0.15, -0.1) is 13.2 Å². The topological polar surface area (TPSA) is 90.4 Å². The van der Waals surface area contributed by atoms with Crippen molar-refractivity contribution in [1.82, 2.24) is 9.80 Å². The van der Waals surface area contributed by atoms with Crippen molar-refractivity contribution in [2.45, 2.75) is 77.3 Å². The smallest absolute Gasteiger partial charge is 0.248 e. The third-order valence-electron chi connectivity index (χ3n) is 9.44. The highest BCUT2D eigenvalue weighted by Crippen LogP contribution is 2.66. The fourth-order valence-electron chi connectivity index (χ4n) is 7.39. The minimum absolute atomic E-state index is 0.0827. The van der Waals surface area contributed by atoms with Crippen LogP contribution in [0.3, 0.4) is 0 Å². The molecule has 0 saturated carbocycles. The normalized spacial score (nSPS) is 31.4. The van der Waals surface area contributed by atoms with Crippen molar-refractivity contribution in [3.05, 3.63) is 55.6 Å². The molecule has 3 unspecified atom stereocenters. The summed E-state index contributed by atoms with van der Waals surface area (Å²) in [4.78, 5) is 48.5. The molecule has 1 N–H and O–H groups in total. The highest BCUT2D eigenvalue weighted by molar-refractivity contribution is 6.03. The molecule has 3 amide bonds. The number of amides is 3. The Hall–Kier alpha value is -2.97. The van der Waals surface area contributed by atoms with E-state index in [2.05, 4.69) is 13.2 Å². The van der Waals surface area contributed by atoms with Crippen LogP contribution in [0, 0.1) is 23.7 Å². The van der Waals surface area contributed by atoms with Gasteiger partial charge in [-0.2, -0.15) is 0 Å². The van der Waals surface area contributed by atoms with E-state index in [1.807, 2.05) is 71.9 Å². The number of aliphatic hydroxyl groups excluding tert-OH is 1. The van der Waals surface area contributed by atoms with Gasteiger partial charge in [-0.05, 0) is 51.2 Å². The highest BCUT2D eigenvalue weighted by atomic mass is 16.5. The van der Waals surface area contributed by atoms with Crippen LogP contribution in [0.15, 0.2) is 55.6 Å². The molecule has 1 aromatic carbocycles. The quantitative estimate of drug-likeness (QED) is 0.424. The zero-order valence-electron chi connectivity index (χ0n) is 24.7. The molecule has 3 aliphatic rings. The number of aliphatic hydroxyl groups is 1. The van der Waals surface area contributed by atoms with Crippen molar-refractivity contribution < 1.29 is 24.2 Å². The molecule has 4 rings (SSSR count). The first-order chi connectivity index (χ1) is 18.9. The molecule has 1 aromatic rings. The molecule has 40 heavy (non-hydrogen) atoms. The summed E-state index contributed by atoms with van der Waals surface area (Å²) in [5, 5.41) is 10.5. The first-order valence-electron chi connectivity index (χ1n) is 14.4. The molecule has 8 nitrogen and oxygen atoms in total. The summed E-state index contributed by atoms with van der Waals surface area (Å²) in [6, 6.07) is 7.65. The second-order valence-electron chi connectivity index (χ2n) is 12.4. The monoisotopic (exact) mass is 551 g/mol. The number of benzene rings is 1. The van der Waals surface area contributed by atoms with Crippen LogP contribution >= 0.6 is 0 Å². The van der Waals surface area contributed by atoms with Crippen LogP contribution in [0.2, 0.25) is 0 Å². The molecular formula is C32H45N3O5. The average molecular weight is 552 g/mol. The second-order valence-corrected chi connectivity index (χ2v) is 12.4. The maximum atomic E-state index is 14.6. The van der Waals surface area contributed by atoms with Gasteiger partial charge in [-0.3, -0.25) is 14.4 Å². The predicted octanol–water partition coefficient (Wildman–Crippen LogP) is 3.66. The summed E-state index contributed by atoms with van der Waals surface area (Å²) < 4.78 is 6.91. The fraction of sp³-hybridized carbons (Fsp3) is 0.594. The van der Waals surface area contributed by atoms with Crippen molar-refractivity contribution in [3.63, 3.8) is 0 Å². The number of para-hydroxylation sites is 1. The van der Waals surface area contributed by atoms with Gasteiger partial charge >= 0.3 is 0 Å². The number of fused-ring (bicyclic) bond motifs is 1. The zero-order valence-corrected chi connectivity index (χ0v) is 24.7. The molecule has 2 bridgehead atoms. The van der Waals surface area contributed by atoms with Crippen LogP contribution in [0.5, 0.6) is 0 Å². The highest BCUT2D eigenvalue weighted by Gasteiger charge is 2.80. The van der Waals surface area contributed by atoms with Crippen LogP contribution in [0.1, 0.15) is 48.0 Å². The van der Waals surface area contributed by atoms with Crippen molar-refractivity contribution in [3.8, 4) is 0 Å². The molecule has 1 spiro atoms. The Morgan fingerprint density at radius 3 is 2.27 bits per heavy atom. The van der Waals surface area contributed by atoms with E-state index in [1.54, 1.807) is 26.9 Å². The number of rotatable bonds is 11. The number of carbonyl (C=O) groups excluding carboxylic acids is 3. The summed E-state index contributed by atoms with van der Waals surface area (Å²) in [5.41, 5.74) is -1.41. The van der Waals surface area contributed by atoms with E-state index < -0.39 is 35.1 Å². The van der Waals surface area contributed by atoms with E-state index in [0.717, 1.165) is 0 Å². The van der Waals surface area contributed by atoms with Crippen LogP contribution in [0.25, 0.3) is 0 Å². The summed E-state index contributed by atoms with van der Waals surface area (Å²) in [6.07, 6.45) is 3.82. The van der Waals surface area contributed by atoms with Gasteiger partial charge in [0.25, 0.3) is 0 Å². The minimum atomic E-state index is -1.18. The molecule has 3 heterocycles. The molecule has 0 aliphatic carbocycles. The van der Waals surface area contributed by atoms with E-state index in [9.17, 15) is 19.5 Å². The molecule has 3 saturated heterocycles. The van der Waals surface area contributed by atoms with Gasteiger partial charge in [-0.1, -0.05) is 51.1 Å². The first-order valence-corrected chi connectivity index (χ1v) is 14.4. The number of hydrogen-bond donors (Lipinski definition) is 1. The van der Waals surface area contributed by atoms with Gasteiger partial charge < -0.3 is 24.5 Å². The molecule has 0 aromatic heterocycles. The molecule has 0 radical (unpaired) electrons. The lowest BCUT2D eigenvalue weighted by atomic mass is 9.62. The number of anilines is 1. The van der Waals surface area contributed by atoms with Crippen molar-refractivity contribution in [2.75, 3.05) is 24.6 Å². The fourth-order valence-corrected chi connectivity index (χ4v) is 7.39. The van der Waals surface area contributed by atoms with Gasteiger partial charge in [0.05, 0.1) is 30.1 Å². The summed E-state index contributed by atoms with van der Waals surface area (Å²) in [5.74, 6) is -2.60. The Morgan fingerprint density at radius 2 is 1.75 bits per heavy atom. The predicted molar refractivity (Wildman–Crippen MR) is 155 cm³/mol. The largest absolute Gasteiger partial charge is 0.394 e. The standard InChI is InChI=1S/C32H45N3O5/c1-9-16-33(21(5)6)30(39)27-32-18-22(7)31(8,40-32)25(26(32)29(38)35(27)24(19-36)20(3)4)28(37)34(17-10-2)23-14-12-11-13-15-23/h9-15,20-22,24-27,36H,1-2,16-19H2,3-8H3/t22?,24-,25-,26-,27?,31+,32?/m0/s1. The Labute approximate surface area is 238 Å². The summed E-state index contributed by atoms with van der Waals surface area (Å²) >= 11 is 0. The van der Waals surface area contributed by atoms with Gasteiger partial charge in [0, 0.05) is 24.8 Å². The summed E-state index contributed by atoms with van der Waals surface area (Å²) in [7, 11) is 0. The van der Waals surface area contributed by atoms with Crippen molar-refractivity contribution in [2.24, 2.45) is 23.7 Å². The Balaban J connectivity index is 1.89. The lowest BCUT2D eigenvalue weighted by Crippen LogP contribution is -2.60. The van der Waals surface area contributed by atoms with Gasteiger partial charge in [-0.25, -0.2) is 0 Å². The van der Waals surface area contributed by atoms with E-state index in [1.165, 1.54) is 0 Å². The average Bonchev–Trinajstić information content (AvgIpc) is 3.42. The van der Waals surface area contributed by atoms with Crippen LogP contribution in [-0.2, 0) is 19.1 Å². The first kappa shape index (κ1) is 30.0. The van der Waals surface area contributed by atoms with E-state index in [0.29, 0.717) is 18.7 Å². The molecule has 8 heteroatoms. The Bertz CT molecular complexity index is 1150. The van der Waals surface area contributed by atoms with Gasteiger partial charge in [0.15, 0.2) is 0 Å². The molecule has 3 aliphatic heterocycles. The van der Waals surface area contributed by atoms with E-state index in [4.69, 9.17) is 4.74 Å². The van der Waals surface area contributed by atoms with E-state index >= 15 is 0 Å². The maximum Gasteiger partial charge on any atom is 0.248 e. The number of likely N-dealkylation sites (tertiary alicyclic amines) is 1. The lowest BCUT2D eigenvalue weighted by molar-refractivity contribution is -0.157. The zero-order chi connectivity index (χ0) is 29.6. The molecule has 7 atom stereocenters. The van der Waals surface area contributed by atoms with Crippen molar-refractivity contribution in [1.29, 1.82) is 0 Å². The number of carbonyl (C=O) groups is 3. The van der Waals surface area contributed by atoms with E-state index in [-0.39, 0.29) is 48.8 Å². The number of nitrogens with zero attached hydrogens (tertiary/aromatic N) is 3. The van der Waals surface area contributed by atoms with Crippen molar-refractivity contribution >= 4 is 23.4 Å². The maximum absolute atomic E-state index is 14.6. The number of hydrogen-bond acceptors (Lipinski definition) is 5. The third kappa shape index (κ3) is 4.40. The van der Waals surface area contributed by atoms with Crippen LogP contribution < -0.4 is 4.90 Å². The van der Waals surface area contributed by atoms with Crippen LogP contribution in [0.4, 0.5) is 5.69 Å². The molecule has 218 valence electrons. The lowest BCUT2D eigenvalue weighted by Gasteiger charge is -2.41. The number of ether oxygens (including phenoxy) is 1. The van der Waals surface area contributed by atoms with Gasteiger partial charge in [0.2, 0.25) is 17.7 Å². The Morgan fingerprint density at radius 1 is 1.12 bits per heavy atom. The third-order valence-corrected chi connectivity index (χ3v) is 9.44. The second kappa shape index (κ2) is 11.1. The van der Waals surface area contributed by atoms with Gasteiger partial charge in [0.1, 0.15) is 11.6 Å². The molecule has 3 fully saturated rings. The van der Waals surface area contributed by atoms with Crippen LogP contribution in [-0.4, -0.2) is 81.7 Å². The summed E-state index contributed by atoms with van der Waals surface area (Å²) in [6.45, 7) is 19.7. The minimum Gasteiger partial charge on any atom is -0.394 e. The Kier molecular flexibility index (Phi) is 8.35.